The molecule has 0 spiro atoms. The lowest BCUT2D eigenvalue weighted by Gasteiger charge is -2.20. The summed E-state index contributed by atoms with van der Waals surface area (Å²) in [5.74, 6) is -0.823. The van der Waals surface area contributed by atoms with Gasteiger partial charge in [0.15, 0.2) is 0 Å². The minimum absolute atomic E-state index is 0.212. The topological polar surface area (TPSA) is 68.5 Å². The van der Waals surface area contributed by atoms with Crippen molar-refractivity contribution in [2.75, 3.05) is 7.11 Å². The lowest BCUT2D eigenvalue weighted by Crippen LogP contribution is -2.39. The number of rotatable bonds is 3. The molecular weight excluding hydrogens is 306 g/mol. The van der Waals surface area contributed by atoms with E-state index >= 15 is 0 Å². The molecule has 1 unspecified atom stereocenters. The number of ether oxygens (including phenoxy) is 1. The van der Waals surface area contributed by atoms with Crippen LogP contribution in [0.2, 0.25) is 0 Å². The molecule has 1 fully saturated rings. The number of imide groups is 1. The zero-order chi connectivity index (χ0) is 16.7. The summed E-state index contributed by atoms with van der Waals surface area (Å²) in [6.07, 6.45) is 2.50. The van der Waals surface area contributed by atoms with E-state index in [1.807, 2.05) is 30.3 Å². The van der Waals surface area contributed by atoms with Gasteiger partial charge in [-0.25, -0.2) is 0 Å². The second-order valence-corrected chi connectivity index (χ2v) is 6.08. The molecule has 2 heterocycles. The number of amides is 2. The lowest BCUT2D eigenvalue weighted by molar-refractivity contribution is -0.134. The summed E-state index contributed by atoms with van der Waals surface area (Å²) in [5, 5.41) is 5.49. The number of nitrogens with one attached hydrogen (secondary N) is 1. The largest absolute Gasteiger partial charge is 0.464 e. The smallest absolute Gasteiger partial charge is 0.234 e. The van der Waals surface area contributed by atoms with Gasteiger partial charge in [-0.15, -0.1) is 0 Å². The third kappa shape index (κ3) is 2.29. The molecule has 1 atom stereocenters. The van der Waals surface area contributed by atoms with E-state index in [1.54, 1.807) is 13.4 Å². The van der Waals surface area contributed by atoms with Crippen LogP contribution in [0.4, 0.5) is 0 Å². The van der Waals surface area contributed by atoms with Crippen molar-refractivity contribution in [2.24, 2.45) is 0 Å². The van der Waals surface area contributed by atoms with Crippen molar-refractivity contribution in [3.63, 3.8) is 0 Å². The molecule has 1 aliphatic heterocycles. The molecule has 1 aromatic heterocycles. The fraction of sp³-hybridized carbons (Fsp3) is 0.263. The maximum atomic E-state index is 12.3. The second-order valence-electron chi connectivity index (χ2n) is 6.08. The van der Waals surface area contributed by atoms with E-state index in [9.17, 15) is 9.59 Å². The predicted molar refractivity (Wildman–Crippen MR) is 89.6 cm³/mol. The van der Waals surface area contributed by atoms with Gasteiger partial charge >= 0.3 is 0 Å². The van der Waals surface area contributed by atoms with Crippen LogP contribution in [0, 0.1) is 0 Å². The first-order valence-electron chi connectivity index (χ1n) is 7.93. The number of hydrogen-bond acceptors (Lipinski definition) is 4. The summed E-state index contributed by atoms with van der Waals surface area (Å²) >= 11 is 0. The molecule has 1 aliphatic rings. The first-order valence-corrected chi connectivity index (χ1v) is 7.93. The highest BCUT2D eigenvalue weighted by molar-refractivity contribution is 6.11. The van der Waals surface area contributed by atoms with Crippen molar-refractivity contribution >= 4 is 33.6 Å². The van der Waals surface area contributed by atoms with E-state index in [-0.39, 0.29) is 17.7 Å². The van der Waals surface area contributed by atoms with Crippen LogP contribution in [0.1, 0.15) is 29.9 Å². The van der Waals surface area contributed by atoms with Gasteiger partial charge in [0, 0.05) is 24.5 Å². The molecule has 0 radical (unpaired) electrons. The minimum atomic E-state index is -0.361. The maximum Gasteiger partial charge on any atom is 0.234 e. The monoisotopic (exact) mass is 323 g/mol. The average Bonchev–Trinajstić information content (AvgIpc) is 3.00. The molecule has 1 saturated heterocycles. The summed E-state index contributed by atoms with van der Waals surface area (Å²) in [5.41, 5.74) is 2.68. The average molecular weight is 323 g/mol. The fourth-order valence-electron chi connectivity index (χ4n) is 3.51. The summed E-state index contributed by atoms with van der Waals surface area (Å²) in [4.78, 5) is 23.7. The number of carbonyl (C=O) groups excluding carboxylic acids is 2. The third-order valence-electron chi connectivity index (χ3n) is 4.63. The van der Waals surface area contributed by atoms with Gasteiger partial charge in [-0.05, 0) is 28.8 Å². The molecule has 2 aromatic carbocycles. The van der Waals surface area contributed by atoms with Gasteiger partial charge in [0.1, 0.15) is 5.58 Å². The standard InChI is InChI=1S/C19H17NO4/c1-23-9-11-3-2-4-13-12(11)5-7-16-18(13)15(10-24-16)14-6-8-17(21)20-19(14)22/h2-5,7,10,14H,6,8-9H2,1H3,(H,20,21,22). The molecule has 0 aliphatic carbocycles. The normalized spacial score (nSPS) is 18.3. The number of methoxy groups -OCH3 is 1. The Kier molecular flexibility index (Phi) is 3.58. The van der Waals surface area contributed by atoms with Gasteiger partial charge in [0.2, 0.25) is 11.8 Å². The first kappa shape index (κ1) is 14.9. The Labute approximate surface area is 138 Å². The number of hydrogen-bond donors (Lipinski definition) is 1. The number of fused-ring (bicyclic) bond motifs is 3. The Balaban J connectivity index is 1.93. The van der Waals surface area contributed by atoms with Crippen molar-refractivity contribution in [1.82, 2.24) is 5.32 Å². The van der Waals surface area contributed by atoms with Gasteiger partial charge in [0.25, 0.3) is 0 Å². The Hall–Kier alpha value is -2.66. The van der Waals surface area contributed by atoms with Gasteiger partial charge in [-0.3, -0.25) is 14.9 Å². The highest BCUT2D eigenvalue weighted by Crippen LogP contribution is 2.37. The van der Waals surface area contributed by atoms with Gasteiger partial charge in [0.05, 0.1) is 18.8 Å². The van der Waals surface area contributed by atoms with Gasteiger partial charge < -0.3 is 9.15 Å². The highest BCUT2D eigenvalue weighted by atomic mass is 16.5. The van der Waals surface area contributed by atoms with Crippen LogP contribution in [-0.2, 0) is 20.9 Å². The predicted octanol–water partition coefficient (Wildman–Crippen LogP) is 3.25. The Morgan fingerprint density at radius 3 is 2.88 bits per heavy atom. The molecule has 4 rings (SSSR count). The van der Waals surface area contributed by atoms with Crippen LogP contribution in [0.3, 0.4) is 0 Å². The van der Waals surface area contributed by atoms with Crippen molar-refractivity contribution in [2.45, 2.75) is 25.4 Å². The summed E-state index contributed by atoms with van der Waals surface area (Å²) in [7, 11) is 1.67. The molecular formula is C19H17NO4. The molecule has 0 saturated carbocycles. The maximum absolute atomic E-state index is 12.3. The van der Waals surface area contributed by atoms with E-state index in [2.05, 4.69) is 5.32 Å². The molecule has 2 amide bonds. The van der Waals surface area contributed by atoms with Crippen molar-refractivity contribution in [3.8, 4) is 0 Å². The SMILES string of the molecule is COCc1cccc2c1ccc1occ(C3CCC(=O)NC3=O)c12. The number of furan rings is 1. The number of benzene rings is 2. The Bertz CT molecular complexity index is 957. The van der Waals surface area contributed by atoms with Crippen LogP contribution in [0.5, 0.6) is 0 Å². The second kappa shape index (κ2) is 5.76. The summed E-state index contributed by atoms with van der Waals surface area (Å²) < 4.78 is 11.0. The Morgan fingerprint density at radius 2 is 2.08 bits per heavy atom. The summed E-state index contributed by atoms with van der Waals surface area (Å²) in [6, 6.07) is 9.98. The van der Waals surface area contributed by atoms with Crippen LogP contribution in [-0.4, -0.2) is 18.9 Å². The zero-order valence-corrected chi connectivity index (χ0v) is 13.3. The summed E-state index contributed by atoms with van der Waals surface area (Å²) in [6.45, 7) is 0.522. The Morgan fingerprint density at radius 1 is 1.21 bits per heavy atom. The lowest BCUT2D eigenvalue weighted by atomic mass is 9.88. The zero-order valence-electron chi connectivity index (χ0n) is 13.3. The van der Waals surface area contributed by atoms with E-state index < -0.39 is 0 Å². The first-order chi connectivity index (χ1) is 11.7. The molecule has 24 heavy (non-hydrogen) atoms. The van der Waals surface area contributed by atoms with Crippen LogP contribution < -0.4 is 5.32 Å². The fourth-order valence-corrected chi connectivity index (χ4v) is 3.51. The molecule has 3 aromatic rings. The number of piperidine rings is 1. The molecule has 1 N–H and O–H groups in total. The van der Waals surface area contributed by atoms with Crippen LogP contribution >= 0.6 is 0 Å². The number of carbonyl (C=O) groups is 2. The van der Waals surface area contributed by atoms with Crippen molar-refractivity contribution < 1.29 is 18.7 Å². The van der Waals surface area contributed by atoms with Crippen LogP contribution in [0.25, 0.3) is 21.7 Å². The minimum Gasteiger partial charge on any atom is -0.464 e. The quantitative estimate of drug-likeness (QED) is 0.751. The van der Waals surface area contributed by atoms with E-state index in [4.69, 9.17) is 9.15 Å². The molecule has 0 bridgehead atoms. The van der Waals surface area contributed by atoms with E-state index in [0.29, 0.717) is 19.4 Å². The van der Waals surface area contributed by atoms with E-state index in [0.717, 1.165) is 32.9 Å². The third-order valence-corrected chi connectivity index (χ3v) is 4.63. The molecule has 5 nitrogen and oxygen atoms in total. The van der Waals surface area contributed by atoms with Crippen molar-refractivity contribution in [1.29, 1.82) is 0 Å². The molecule has 122 valence electrons. The van der Waals surface area contributed by atoms with Gasteiger partial charge in [-0.2, -0.15) is 0 Å². The highest BCUT2D eigenvalue weighted by Gasteiger charge is 2.31. The van der Waals surface area contributed by atoms with Crippen molar-refractivity contribution in [3.05, 3.63) is 47.7 Å². The van der Waals surface area contributed by atoms with E-state index in [1.165, 1.54) is 0 Å². The molecule has 5 heteroatoms. The van der Waals surface area contributed by atoms with Gasteiger partial charge in [-0.1, -0.05) is 24.3 Å². The van der Waals surface area contributed by atoms with Crippen LogP contribution in [0.15, 0.2) is 41.0 Å².